The van der Waals surface area contributed by atoms with Crippen LogP contribution in [0.1, 0.15) is 37.7 Å². The topological polar surface area (TPSA) is 77.2 Å². The van der Waals surface area contributed by atoms with Gasteiger partial charge in [-0.3, -0.25) is 4.79 Å². The Labute approximate surface area is 101 Å². The molecule has 17 heavy (non-hydrogen) atoms. The Morgan fingerprint density at radius 2 is 2.24 bits per heavy atom. The second-order valence-corrected chi connectivity index (χ2v) is 3.87. The van der Waals surface area contributed by atoms with E-state index in [2.05, 4.69) is 10.3 Å². The number of hydrogen-bond donors (Lipinski definition) is 1. The van der Waals surface area contributed by atoms with Gasteiger partial charge >= 0.3 is 5.97 Å². The fourth-order valence-electron chi connectivity index (χ4n) is 1.84. The van der Waals surface area contributed by atoms with E-state index in [1.165, 1.54) is 0 Å². The molecule has 0 aromatic carbocycles. The van der Waals surface area contributed by atoms with E-state index in [1.54, 1.807) is 11.8 Å². The van der Waals surface area contributed by atoms with E-state index in [4.69, 9.17) is 9.84 Å². The van der Waals surface area contributed by atoms with Crippen LogP contribution in [-0.2, 0) is 22.4 Å². The summed E-state index contributed by atoms with van der Waals surface area (Å²) in [6, 6.07) is 0.116. The van der Waals surface area contributed by atoms with Gasteiger partial charge in [0.15, 0.2) is 0 Å². The molecule has 0 radical (unpaired) electrons. The normalized spacial score (nSPS) is 12.6. The summed E-state index contributed by atoms with van der Waals surface area (Å²) in [6.45, 7) is 4.57. The first-order valence-corrected chi connectivity index (χ1v) is 5.77. The molecule has 0 spiro atoms. The van der Waals surface area contributed by atoms with Crippen molar-refractivity contribution in [3.8, 4) is 0 Å². The molecule has 1 unspecified atom stereocenters. The molecular weight excluding hydrogens is 222 g/mol. The predicted molar refractivity (Wildman–Crippen MR) is 61.9 cm³/mol. The Morgan fingerprint density at radius 1 is 1.53 bits per heavy atom. The zero-order valence-corrected chi connectivity index (χ0v) is 10.5. The molecule has 1 N–H and O–H groups in total. The molecule has 0 aliphatic rings. The number of rotatable bonds is 7. The molecule has 0 amide bonds. The van der Waals surface area contributed by atoms with Crippen molar-refractivity contribution in [2.75, 3.05) is 13.7 Å². The van der Waals surface area contributed by atoms with Crippen molar-refractivity contribution in [1.29, 1.82) is 0 Å². The van der Waals surface area contributed by atoms with Crippen molar-refractivity contribution in [3.63, 3.8) is 0 Å². The van der Waals surface area contributed by atoms with Crippen molar-refractivity contribution in [2.24, 2.45) is 0 Å². The standard InChI is InChI=1S/C11H19N3O3/c1-4-8(7-17-3)14-10(5-2)9(12-13-14)6-11(15)16/h8H,4-7H2,1-3H3,(H,15,16). The highest BCUT2D eigenvalue weighted by atomic mass is 16.5. The molecule has 1 atom stereocenters. The number of nitrogens with zero attached hydrogens (tertiary/aromatic N) is 3. The summed E-state index contributed by atoms with van der Waals surface area (Å²) in [4.78, 5) is 10.7. The molecule has 1 aromatic rings. The largest absolute Gasteiger partial charge is 0.481 e. The van der Waals surface area contributed by atoms with E-state index in [1.807, 2.05) is 13.8 Å². The molecule has 0 saturated carbocycles. The van der Waals surface area contributed by atoms with E-state index in [0.29, 0.717) is 12.3 Å². The summed E-state index contributed by atoms with van der Waals surface area (Å²) in [7, 11) is 1.64. The van der Waals surface area contributed by atoms with Gasteiger partial charge in [0.2, 0.25) is 0 Å². The quantitative estimate of drug-likeness (QED) is 0.772. The highest BCUT2D eigenvalue weighted by molar-refractivity contribution is 5.69. The summed E-state index contributed by atoms with van der Waals surface area (Å²) in [5.74, 6) is -0.883. The molecule has 96 valence electrons. The van der Waals surface area contributed by atoms with Crippen LogP contribution in [0.4, 0.5) is 0 Å². The molecule has 0 aliphatic heterocycles. The average Bonchev–Trinajstić information content (AvgIpc) is 2.67. The summed E-state index contributed by atoms with van der Waals surface area (Å²) >= 11 is 0. The first-order valence-electron chi connectivity index (χ1n) is 5.77. The summed E-state index contributed by atoms with van der Waals surface area (Å²) in [6.07, 6.45) is 1.51. The van der Waals surface area contributed by atoms with Crippen molar-refractivity contribution >= 4 is 5.97 Å². The first-order chi connectivity index (χ1) is 8.13. The van der Waals surface area contributed by atoms with E-state index >= 15 is 0 Å². The minimum absolute atomic E-state index is 0.0768. The smallest absolute Gasteiger partial charge is 0.309 e. The molecule has 6 nitrogen and oxygen atoms in total. The minimum atomic E-state index is -0.883. The van der Waals surface area contributed by atoms with Gasteiger partial charge in [-0.15, -0.1) is 5.10 Å². The zero-order valence-electron chi connectivity index (χ0n) is 10.5. The number of aromatic nitrogens is 3. The number of aliphatic carboxylic acids is 1. The van der Waals surface area contributed by atoms with Gasteiger partial charge < -0.3 is 9.84 Å². The second kappa shape index (κ2) is 6.34. The molecule has 1 aromatic heterocycles. The predicted octanol–water partition coefficient (Wildman–Crippen LogP) is 1.07. The Morgan fingerprint density at radius 3 is 2.71 bits per heavy atom. The van der Waals surface area contributed by atoms with Crippen LogP contribution in [-0.4, -0.2) is 39.8 Å². The molecule has 0 fully saturated rings. The van der Waals surface area contributed by atoms with Crippen LogP contribution in [0.3, 0.4) is 0 Å². The van der Waals surface area contributed by atoms with Crippen LogP contribution in [0.5, 0.6) is 0 Å². The van der Waals surface area contributed by atoms with Crippen LogP contribution in [0, 0.1) is 0 Å². The third kappa shape index (κ3) is 3.26. The lowest BCUT2D eigenvalue weighted by atomic mass is 10.1. The molecule has 0 aliphatic carbocycles. The van der Waals surface area contributed by atoms with E-state index in [9.17, 15) is 4.79 Å². The minimum Gasteiger partial charge on any atom is -0.481 e. The number of ether oxygens (including phenoxy) is 1. The highest BCUT2D eigenvalue weighted by Crippen LogP contribution is 2.16. The van der Waals surface area contributed by atoms with E-state index < -0.39 is 5.97 Å². The fourth-order valence-corrected chi connectivity index (χ4v) is 1.84. The van der Waals surface area contributed by atoms with Gasteiger partial charge in [-0.2, -0.15) is 0 Å². The van der Waals surface area contributed by atoms with Crippen LogP contribution in [0.2, 0.25) is 0 Å². The van der Waals surface area contributed by atoms with Gasteiger partial charge in [0.25, 0.3) is 0 Å². The number of hydrogen-bond acceptors (Lipinski definition) is 4. The summed E-state index contributed by atoms with van der Waals surface area (Å²) in [5, 5.41) is 16.8. The van der Waals surface area contributed by atoms with Gasteiger partial charge in [0, 0.05) is 7.11 Å². The van der Waals surface area contributed by atoms with E-state index in [-0.39, 0.29) is 12.5 Å². The SMILES string of the molecule is CCc1c(CC(=O)O)nnn1C(CC)COC. The lowest BCUT2D eigenvalue weighted by Crippen LogP contribution is -2.18. The van der Waals surface area contributed by atoms with Crippen molar-refractivity contribution < 1.29 is 14.6 Å². The highest BCUT2D eigenvalue weighted by Gasteiger charge is 2.19. The first kappa shape index (κ1) is 13.6. The second-order valence-electron chi connectivity index (χ2n) is 3.87. The van der Waals surface area contributed by atoms with Gasteiger partial charge in [-0.25, -0.2) is 4.68 Å². The van der Waals surface area contributed by atoms with Gasteiger partial charge in [0.1, 0.15) is 0 Å². The lowest BCUT2D eigenvalue weighted by molar-refractivity contribution is -0.136. The van der Waals surface area contributed by atoms with Gasteiger partial charge in [-0.1, -0.05) is 19.1 Å². The van der Waals surface area contributed by atoms with E-state index in [0.717, 1.165) is 18.5 Å². The van der Waals surface area contributed by atoms with Gasteiger partial charge in [0.05, 0.1) is 30.5 Å². The lowest BCUT2D eigenvalue weighted by Gasteiger charge is -2.16. The molecule has 1 rings (SSSR count). The van der Waals surface area contributed by atoms with Crippen LogP contribution in [0.25, 0.3) is 0 Å². The number of carboxylic acid groups (broad SMARTS) is 1. The van der Waals surface area contributed by atoms with Crippen molar-refractivity contribution in [2.45, 2.75) is 39.2 Å². The maximum Gasteiger partial charge on any atom is 0.309 e. The van der Waals surface area contributed by atoms with Gasteiger partial charge in [-0.05, 0) is 12.8 Å². The summed E-state index contributed by atoms with van der Waals surface area (Å²) in [5.41, 5.74) is 1.44. The van der Waals surface area contributed by atoms with Crippen LogP contribution >= 0.6 is 0 Å². The third-order valence-electron chi connectivity index (χ3n) is 2.70. The monoisotopic (exact) mass is 241 g/mol. The zero-order chi connectivity index (χ0) is 12.8. The molecule has 0 bridgehead atoms. The fraction of sp³-hybridized carbons (Fsp3) is 0.727. The van der Waals surface area contributed by atoms with Crippen molar-refractivity contribution in [3.05, 3.63) is 11.4 Å². The van der Waals surface area contributed by atoms with Crippen LogP contribution in [0.15, 0.2) is 0 Å². The third-order valence-corrected chi connectivity index (χ3v) is 2.70. The Hall–Kier alpha value is -1.43. The number of methoxy groups -OCH3 is 1. The summed E-state index contributed by atoms with van der Waals surface area (Å²) < 4.78 is 6.93. The maximum atomic E-state index is 10.7. The number of carbonyl (C=O) groups is 1. The Kier molecular flexibility index (Phi) is 5.09. The number of carboxylic acids is 1. The Bertz CT molecular complexity index is 376. The molecule has 6 heteroatoms. The Balaban J connectivity index is 2.99. The van der Waals surface area contributed by atoms with Crippen molar-refractivity contribution in [1.82, 2.24) is 15.0 Å². The maximum absolute atomic E-state index is 10.7. The molecule has 1 heterocycles. The van der Waals surface area contributed by atoms with Crippen LogP contribution < -0.4 is 0 Å². The molecule has 0 saturated heterocycles. The average molecular weight is 241 g/mol. The molecular formula is C11H19N3O3.